The SMILES string of the molecule is C1CCCCC1.CC(C)(C)C(NC(=O)CNC(=O)c1cnccn1)C(=O)N1C(C(=O)NCC(=O)C(=O)NOc2ccccc2)CC2CCCCC21.CCC. The van der Waals surface area contributed by atoms with Crippen LogP contribution in [-0.2, 0) is 24.0 Å². The lowest BCUT2D eigenvalue weighted by Crippen LogP contribution is -2.60. The molecule has 296 valence electrons. The number of benzene rings is 1. The molecule has 1 aliphatic heterocycles. The zero-order valence-corrected chi connectivity index (χ0v) is 32.5. The van der Waals surface area contributed by atoms with E-state index in [-0.39, 0.29) is 17.7 Å². The number of ketones is 1. The van der Waals surface area contributed by atoms with Crippen molar-refractivity contribution in [2.24, 2.45) is 11.3 Å². The minimum absolute atomic E-state index is 0.0442. The summed E-state index contributed by atoms with van der Waals surface area (Å²) in [5.41, 5.74) is 1.35. The molecule has 1 aromatic heterocycles. The maximum absolute atomic E-state index is 14.2. The van der Waals surface area contributed by atoms with Gasteiger partial charge in [0.25, 0.3) is 5.91 Å². The topological polar surface area (TPSA) is 189 Å². The van der Waals surface area contributed by atoms with Gasteiger partial charge in [0.05, 0.1) is 19.3 Å². The van der Waals surface area contributed by atoms with Gasteiger partial charge in [-0.1, -0.05) is 111 Å². The molecule has 14 heteroatoms. The van der Waals surface area contributed by atoms with Gasteiger partial charge in [0.2, 0.25) is 23.5 Å². The number of carbonyl (C=O) groups excluding carboxylic acids is 6. The number of aromatic nitrogens is 2. The van der Waals surface area contributed by atoms with Gasteiger partial charge in [-0.3, -0.25) is 33.8 Å². The molecular formula is C40H59N7O7. The highest BCUT2D eigenvalue weighted by Crippen LogP contribution is 2.41. The van der Waals surface area contributed by atoms with Gasteiger partial charge in [0.1, 0.15) is 17.8 Å². The Kier molecular flexibility index (Phi) is 18.0. The van der Waals surface area contributed by atoms with Crippen LogP contribution in [0.3, 0.4) is 0 Å². The number of hydrogen-bond donors (Lipinski definition) is 4. The van der Waals surface area contributed by atoms with E-state index in [9.17, 15) is 28.8 Å². The highest BCUT2D eigenvalue weighted by molar-refractivity contribution is 6.37. The normalized spacial score (nSPS) is 19.5. The molecule has 0 bridgehead atoms. The van der Waals surface area contributed by atoms with E-state index >= 15 is 0 Å². The Bertz CT molecular complexity index is 1500. The number of fused-ring (bicyclic) bond motifs is 1. The van der Waals surface area contributed by atoms with Crippen LogP contribution in [-0.4, -0.2) is 81.4 Å². The number of hydroxylamine groups is 1. The predicted molar refractivity (Wildman–Crippen MR) is 204 cm³/mol. The van der Waals surface area contributed by atoms with Gasteiger partial charge in [0, 0.05) is 18.4 Å². The van der Waals surface area contributed by atoms with Gasteiger partial charge in [-0.25, -0.2) is 4.98 Å². The molecule has 3 fully saturated rings. The summed E-state index contributed by atoms with van der Waals surface area (Å²) in [4.78, 5) is 92.0. The Balaban J connectivity index is 0.000000770. The first-order valence-corrected chi connectivity index (χ1v) is 19.4. The summed E-state index contributed by atoms with van der Waals surface area (Å²) >= 11 is 0. The van der Waals surface area contributed by atoms with Crippen LogP contribution in [0.5, 0.6) is 5.75 Å². The van der Waals surface area contributed by atoms with Crippen molar-refractivity contribution >= 4 is 35.3 Å². The van der Waals surface area contributed by atoms with Crippen molar-refractivity contribution in [2.75, 3.05) is 13.1 Å². The van der Waals surface area contributed by atoms with Crippen molar-refractivity contribution in [3.05, 3.63) is 54.6 Å². The molecule has 1 aromatic carbocycles. The van der Waals surface area contributed by atoms with Crippen LogP contribution < -0.4 is 26.3 Å². The van der Waals surface area contributed by atoms with E-state index in [2.05, 4.69) is 45.2 Å². The largest absolute Gasteiger partial charge is 0.379 e. The van der Waals surface area contributed by atoms with E-state index in [1.807, 2.05) is 0 Å². The van der Waals surface area contributed by atoms with Crippen LogP contribution >= 0.6 is 0 Å². The van der Waals surface area contributed by atoms with Crippen LogP contribution in [0.1, 0.15) is 122 Å². The van der Waals surface area contributed by atoms with Crippen molar-refractivity contribution in [1.82, 2.24) is 36.3 Å². The molecule has 4 N–H and O–H groups in total. The molecule has 4 unspecified atom stereocenters. The van der Waals surface area contributed by atoms with E-state index in [1.54, 1.807) is 56.0 Å². The number of para-hydroxylation sites is 1. The minimum Gasteiger partial charge on any atom is -0.379 e. The molecule has 5 rings (SSSR count). The molecule has 0 radical (unpaired) electrons. The second-order valence-electron chi connectivity index (χ2n) is 15.1. The number of Topliss-reactive ketones (excluding diaryl/α,β-unsaturated/α-hetero) is 1. The minimum atomic E-state index is -1.03. The summed E-state index contributed by atoms with van der Waals surface area (Å²) in [5.74, 6) is -3.70. The average molecular weight is 750 g/mol. The summed E-state index contributed by atoms with van der Waals surface area (Å²) in [5, 5.41) is 7.75. The predicted octanol–water partition coefficient (Wildman–Crippen LogP) is 4.45. The zero-order chi connectivity index (χ0) is 39.5. The third-order valence-electron chi connectivity index (χ3n) is 9.45. The third kappa shape index (κ3) is 13.8. The zero-order valence-electron chi connectivity index (χ0n) is 32.5. The Morgan fingerprint density at radius 2 is 1.48 bits per heavy atom. The number of amides is 5. The maximum atomic E-state index is 14.2. The van der Waals surface area contributed by atoms with Crippen LogP contribution in [0.4, 0.5) is 0 Å². The second-order valence-corrected chi connectivity index (χ2v) is 15.1. The molecule has 0 spiro atoms. The number of rotatable bonds is 11. The van der Waals surface area contributed by atoms with E-state index < -0.39 is 65.9 Å². The quantitative estimate of drug-likeness (QED) is 0.190. The van der Waals surface area contributed by atoms with Crippen molar-refractivity contribution in [3.63, 3.8) is 0 Å². The highest BCUT2D eigenvalue weighted by Gasteiger charge is 2.50. The lowest BCUT2D eigenvalue weighted by Gasteiger charge is -2.39. The highest BCUT2D eigenvalue weighted by atomic mass is 16.7. The fourth-order valence-corrected chi connectivity index (χ4v) is 6.77. The molecule has 5 amide bonds. The standard InChI is InChI=1S/C31H39N7O7.C6H12.C3H8/c1-31(2,3)26(36-25(40)18-35-27(41)21-16-32-13-14-33-21)30(44)38-22-12-8-7-9-19(22)15-23(38)28(42)34-17-24(39)29(43)37-45-20-10-5-4-6-11-20;1-2-4-6-5-3-1;1-3-2/h4-6,10-11,13-14,16,19,22-23,26H,7-9,12,15,17-18H2,1-3H3,(H,34,42)(H,35,41)(H,36,40)(H,37,43);1-6H2;3H2,1-2H3. The Hall–Kier alpha value is -4.88. The molecule has 3 aliphatic rings. The molecular weight excluding hydrogens is 690 g/mol. The monoisotopic (exact) mass is 749 g/mol. The van der Waals surface area contributed by atoms with E-state index in [0.29, 0.717) is 18.6 Å². The van der Waals surface area contributed by atoms with Crippen molar-refractivity contribution in [3.8, 4) is 5.75 Å². The first-order chi connectivity index (χ1) is 25.9. The molecule has 4 atom stereocenters. The summed E-state index contributed by atoms with van der Waals surface area (Å²) in [6.07, 6.45) is 18.1. The molecule has 14 nitrogen and oxygen atoms in total. The average Bonchev–Trinajstić information content (AvgIpc) is 3.58. The van der Waals surface area contributed by atoms with E-state index in [0.717, 1.165) is 19.3 Å². The molecule has 2 heterocycles. The molecule has 1 saturated heterocycles. The second kappa shape index (κ2) is 22.4. The van der Waals surface area contributed by atoms with Crippen molar-refractivity contribution in [2.45, 2.75) is 130 Å². The van der Waals surface area contributed by atoms with Crippen LogP contribution in [0.2, 0.25) is 0 Å². The molecule has 54 heavy (non-hydrogen) atoms. The third-order valence-corrected chi connectivity index (χ3v) is 9.45. The fraction of sp³-hybridized carbons (Fsp3) is 0.600. The summed E-state index contributed by atoms with van der Waals surface area (Å²) in [6.45, 7) is 8.66. The lowest BCUT2D eigenvalue weighted by atomic mass is 9.83. The van der Waals surface area contributed by atoms with Crippen LogP contribution in [0, 0.1) is 11.3 Å². The van der Waals surface area contributed by atoms with Gasteiger partial charge < -0.3 is 25.7 Å². The smallest absolute Gasteiger partial charge is 0.321 e. The van der Waals surface area contributed by atoms with Crippen LogP contribution in [0.15, 0.2) is 48.9 Å². The van der Waals surface area contributed by atoms with Gasteiger partial charge in [-0.05, 0) is 42.7 Å². The number of nitrogens with one attached hydrogen (secondary N) is 4. The van der Waals surface area contributed by atoms with E-state index in [1.165, 1.54) is 63.5 Å². The van der Waals surface area contributed by atoms with Gasteiger partial charge in [-0.15, -0.1) is 0 Å². The van der Waals surface area contributed by atoms with Gasteiger partial charge in [-0.2, -0.15) is 5.48 Å². The van der Waals surface area contributed by atoms with Gasteiger partial charge >= 0.3 is 5.91 Å². The Labute approximate surface area is 319 Å². The fourth-order valence-electron chi connectivity index (χ4n) is 6.77. The maximum Gasteiger partial charge on any atom is 0.321 e. The molecule has 2 aromatic rings. The number of hydrogen-bond acceptors (Lipinski definition) is 9. The first-order valence-electron chi connectivity index (χ1n) is 19.4. The first kappa shape index (κ1) is 43.5. The summed E-state index contributed by atoms with van der Waals surface area (Å²) in [7, 11) is 0. The lowest BCUT2D eigenvalue weighted by molar-refractivity contribution is -0.146. The summed E-state index contributed by atoms with van der Waals surface area (Å²) < 4.78 is 0. The number of carbonyl (C=O) groups is 6. The number of likely N-dealkylation sites (tertiary alicyclic amines) is 1. The van der Waals surface area contributed by atoms with Crippen molar-refractivity contribution < 1.29 is 33.6 Å². The van der Waals surface area contributed by atoms with Gasteiger partial charge in [0.15, 0.2) is 5.75 Å². The van der Waals surface area contributed by atoms with Crippen molar-refractivity contribution in [1.29, 1.82) is 0 Å². The molecule has 2 saturated carbocycles. The van der Waals surface area contributed by atoms with Crippen LogP contribution in [0.25, 0.3) is 0 Å². The number of nitrogens with zero attached hydrogens (tertiary/aromatic N) is 3. The molecule has 2 aliphatic carbocycles. The summed E-state index contributed by atoms with van der Waals surface area (Å²) in [6, 6.07) is 6.25. The Morgan fingerprint density at radius 3 is 2.07 bits per heavy atom. The van der Waals surface area contributed by atoms with E-state index in [4.69, 9.17) is 4.84 Å². The Morgan fingerprint density at radius 1 is 0.852 bits per heavy atom.